The minimum atomic E-state index is -2.63. The lowest BCUT2D eigenvalue weighted by Crippen LogP contribution is -2.10. The van der Waals surface area contributed by atoms with E-state index in [1.54, 1.807) is 13.8 Å². The van der Waals surface area contributed by atoms with Crippen LogP contribution in [0.1, 0.15) is 42.5 Å². The van der Waals surface area contributed by atoms with Gasteiger partial charge in [0.2, 0.25) is 0 Å². The number of ether oxygens (including phenoxy) is 1. The molecular weight excluding hydrogens is 252 g/mol. The number of hydrogen-bond acceptors (Lipinski definition) is 3. The molecule has 1 rings (SSSR count). The molecule has 0 saturated heterocycles. The maximum Gasteiger partial charge on any atom is 0.310 e. The van der Waals surface area contributed by atoms with E-state index in [2.05, 4.69) is 0 Å². The number of aryl methyl sites for hydroxylation is 1. The SMILES string of the molecule is CCOC(=O)Cc1cc(CC)c(C(F)F)cc1C#N. The number of benzene rings is 1. The molecule has 1 aromatic carbocycles. The lowest BCUT2D eigenvalue weighted by molar-refractivity contribution is -0.142. The van der Waals surface area contributed by atoms with E-state index in [1.807, 2.05) is 6.07 Å². The molecule has 3 nitrogen and oxygen atoms in total. The normalized spacial score (nSPS) is 10.3. The summed E-state index contributed by atoms with van der Waals surface area (Å²) in [5.74, 6) is -0.467. The molecule has 0 atom stereocenters. The number of halogens is 2. The predicted molar refractivity (Wildman–Crippen MR) is 65.8 cm³/mol. The Labute approximate surface area is 110 Å². The van der Waals surface area contributed by atoms with Crippen LogP contribution in [0, 0.1) is 11.3 Å². The number of carbonyl (C=O) groups excluding carboxylic acids is 1. The van der Waals surface area contributed by atoms with Crippen LogP contribution in [0.15, 0.2) is 12.1 Å². The van der Waals surface area contributed by atoms with E-state index < -0.39 is 12.4 Å². The Kier molecular flexibility index (Phi) is 5.43. The van der Waals surface area contributed by atoms with Gasteiger partial charge in [-0.15, -0.1) is 0 Å². The minimum Gasteiger partial charge on any atom is -0.466 e. The van der Waals surface area contributed by atoms with Gasteiger partial charge < -0.3 is 4.74 Å². The molecular formula is C14H15F2NO2. The molecule has 0 heterocycles. The third-order valence-electron chi connectivity index (χ3n) is 2.74. The van der Waals surface area contributed by atoms with Gasteiger partial charge in [-0.25, -0.2) is 8.78 Å². The van der Waals surface area contributed by atoms with Crippen LogP contribution >= 0.6 is 0 Å². The van der Waals surface area contributed by atoms with E-state index in [0.29, 0.717) is 17.5 Å². The molecule has 0 bridgehead atoms. The van der Waals surface area contributed by atoms with Gasteiger partial charge in [0, 0.05) is 5.56 Å². The highest BCUT2D eigenvalue weighted by Gasteiger charge is 2.17. The van der Waals surface area contributed by atoms with E-state index >= 15 is 0 Å². The fourth-order valence-electron chi connectivity index (χ4n) is 1.84. The van der Waals surface area contributed by atoms with Crippen molar-refractivity contribution in [2.45, 2.75) is 33.1 Å². The van der Waals surface area contributed by atoms with Crippen LogP contribution in [0.25, 0.3) is 0 Å². The smallest absolute Gasteiger partial charge is 0.310 e. The molecule has 0 amide bonds. The average Bonchev–Trinajstić information content (AvgIpc) is 2.38. The van der Waals surface area contributed by atoms with Gasteiger partial charge in [-0.1, -0.05) is 13.0 Å². The van der Waals surface area contributed by atoms with Gasteiger partial charge in [0.1, 0.15) is 0 Å². The van der Waals surface area contributed by atoms with Crippen molar-refractivity contribution in [3.63, 3.8) is 0 Å². The Hall–Kier alpha value is -1.96. The second kappa shape index (κ2) is 6.83. The quantitative estimate of drug-likeness (QED) is 0.770. The highest BCUT2D eigenvalue weighted by atomic mass is 19.3. The van der Waals surface area contributed by atoms with Crippen LogP contribution in [0.5, 0.6) is 0 Å². The summed E-state index contributed by atoms with van der Waals surface area (Å²) in [7, 11) is 0. The van der Waals surface area contributed by atoms with Gasteiger partial charge in [0.15, 0.2) is 0 Å². The molecule has 1 aromatic rings. The predicted octanol–water partition coefficient (Wildman–Crippen LogP) is 3.16. The van der Waals surface area contributed by atoms with Crippen molar-refractivity contribution in [1.29, 1.82) is 5.26 Å². The van der Waals surface area contributed by atoms with Gasteiger partial charge in [0.25, 0.3) is 6.43 Å². The van der Waals surface area contributed by atoms with Crippen LogP contribution in [-0.2, 0) is 22.4 Å². The van der Waals surface area contributed by atoms with E-state index in [-0.39, 0.29) is 24.2 Å². The van der Waals surface area contributed by atoms with Gasteiger partial charge in [0.05, 0.1) is 24.7 Å². The second-order valence-electron chi connectivity index (χ2n) is 3.96. The summed E-state index contributed by atoms with van der Waals surface area (Å²) < 4.78 is 30.5. The zero-order valence-corrected chi connectivity index (χ0v) is 10.9. The van der Waals surface area contributed by atoms with Gasteiger partial charge in [-0.2, -0.15) is 5.26 Å². The van der Waals surface area contributed by atoms with E-state index in [1.165, 1.54) is 6.07 Å². The molecule has 19 heavy (non-hydrogen) atoms. The van der Waals surface area contributed by atoms with Crippen molar-refractivity contribution >= 4 is 5.97 Å². The summed E-state index contributed by atoms with van der Waals surface area (Å²) in [5, 5.41) is 8.98. The zero-order valence-electron chi connectivity index (χ0n) is 10.9. The molecule has 0 N–H and O–H groups in total. The highest BCUT2D eigenvalue weighted by molar-refractivity contribution is 5.73. The zero-order chi connectivity index (χ0) is 14.4. The van der Waals surface area contributed by atoms with Crippen LogP contribution in [0.3, 0.4) is 0 Å². The molecule has 0 saturated carbocycles. The largest absolute Gasteiger partial charge is 0.466 e. The van der Waals surface area contributed by atoms with Crippen LogP contribution < -0.4 is 0 Å². The van der Waals surface area contributed by atoms with Gasteiger partial charge >= 0.3 is 5.97 Å². The summed E-state index contributed by atoms with van der Waals surface area (Å²) in [4.78, 5) is 11.4. The average molecular weight is 267 g/mol. The molecule has 0 aliphatic heterocycles. The van der Waals surface area contributed by atoms with E-state index in [9.17, 15) is 13.6 Å². The summed E-state index contributed by atoms with van der Waals surface area (Å²) in [5.41, 5.74) is 0.836. The first-order valence-electron chi connectivity index (χ1n) is 6.03. The van der Waals surface area contributed by atoms with Crippen LogP contribution in [0.2, 0.25) is 0 Å². The Morgan fingerprint density at radius 1 is 1.37 bits per heavy atom. The van der Waals surface area contributed by atoms with Gasteiger partial charge in [-0.05, 0) is 30.5 Å². The second-order valence-corrected chi connectivity index (χ2v) is 3.96. The molecule has 0 fully saturated rings. The highest BCUT2D eigenvalue weighted by Crippen LogP contribution is 2.27. The fraction of sp³-hybridized carbons (Fsp3) is 0.429. The minimum absolute atomic E-state index is 0.0761. The van der Waals surface area contributed by atoms with Crippen molar-refractivity contribution in [3.8, 4) is 6.07 Å². The first kappa shape index (κ1) is 15.1. The lowest BCUT2D eigenvalue weighted by atomic mass is 9.96. The number of nitrogens with zero attached hydrogens (tertiary/aromatic N) is 1. The molecule has 0 aliphatic rings. The van der Waals surface area contributed by atoms with Crippen molar-refractivity contribution in [2.75, 3.05) is 6.61 Å². The summed E-state index contributed by atoms with van der Waals surface area (Å²) >= 11 is 0. The first-order valence-corrected chi connectivity index (χ1v) is 6.03. The summed E-state index contributed by atoms with van der Waals surface area (Å²) in [6.07, 6.45) is -2.28. The molecule has 0 spiro atoms. The first-order chi connectivity index (χ1) is 9.03. The lowest BCUT2D eigenvalue weighted by Gasteiger charge is -2.11. The number of alkyl halides is 2. The number of nitriles is 1. The van der Waals surface area contributed by atoms with Crippen molar-refractivity contribution in [2.24, 2.45) is 0 Å². The van der Waals surface area contributed by atoms with Crippen LogP contribution in [0.4, 0.5) is 8.78 Å². The maximum absolute atomic E-state index is 12.8. The third-order valence-corrected chi connectivity index (χ3v) is 2.74. The standard InChI is InChI=1S/C14H15F2NO2/c1-3-9-5-10(7-13(18)19-4-2)11(8-17)6-12(9)14(15)16/h5-6,14H,3-4,7H2,1-2H3. The Bertz CT molecular complexity index is 507. The summed E-state index contributed by atoms with van der Waals surface area (Å²) in [6.45, 7) is 3.68. The van der Waals surface area contributed by atoms with E-state index in [0.717, 1.165) is 6.07 Å². The Morgan fingerprint density at radius 3 is 2.53 bits per heavy atom. The van der Waals surface area contributed by atoms with Crippen molar-refractivity contribution < 1.29 is 18.3 Å². The molecule has 0 aliphatic carbocycles. The number of carbonyl (C=O) groups is 1. The fourth-order valence-corrected chi connectivity index (χ4v) is 1.84. The molecule has 0 radical (unpaired) electrons. The third kappa shape index (κ3) is 3.75. The maximum atomic E-state index is 12.8. The topological polar surface area (TPSA) is 50.1 Å². The van der Waals surface area contributed by atoms with Crippen molar-refractivity contribution in [1.82, 2.24) is 0 Å². The van der Waals surface area contributed by atoms with Gasteiger partial charge in [-0.3, -0.25) is 4.79 Å². The Morgan fingerprint density at radius 2 is 2.05 bits per heavy atom. The number of esters is 1. The molecule has 0 unspecified atom stereocenters. The molecule has 5 heteroatoms. The van der Waals surface area contributed by atoms with Crippen LogP contribution in [-0.4, -0.2) is 12.6 Å². The van der Waals surface area contributed by atoms with E-state index in [4.69, 9.17) is 10.00 Å². The molecule has 102 valence electrons. The number of rotatable bonds is 5. The summed E-state index contributed by atoms with van der Waals surface area (Å²) in [6, 6.07) is 4.51. The molecule has 0 aromatic heterocycles. The van der Waals surface area contributed by atoms with Crippen molar-refractivity contribution in [3.05, 3.63) is 34.4 Å². The number of hydrogen-bond donors (Lipinski definition) is 0. The Balaban J connectivity index is 3.18. The monoisotopic (exact) mass is 267 g/mol.